The van der Waals surface area contributed by atoms with Crippen LogP contribution in [-0.4, -0.2) is 23.4 Å². The van der Waals surface area contributed by atoms with Crippen LogP contribution in [-0.2, 0) is 4.74 Å². The number of epoxide rings is 1. The molecule has 0 amide bonds. The molecule has 0 spiro atoms. The molecule has 2 fully saturated rings. The number of aliphatic hydroxyl groups excluding tert-OH is 1. The molecular weight excluding hydrogens is 140 g/mol. The van der Waals surface area contributed by atoms with Crippen LogP contribution in [0, 0.1) is 11.8 Å². The van der Waals surface area contributed by atoms with Crippen molar-refractivity contribution in [1.82, 2.24) is 0 Å². The number of ether oxygens (including phenoxy) is 1. The third-order valence-corrected chi connectivity index (χ3v) is 3.02. The first kappa shape index (κ1) is 7.56. The standard InChI is InChI=1S/C9H16O2/c1-5(2)6-3-7(10)9-8(4-6)11-9/h5-10H,3-4H2,1-2H3. The van der Waals surface area contributed by atoms with Crippen LogP contribution in [0.25, 0.3) is 0 Å². The van der Waals surface area contributed by atoms with Crippen molar-refractivity contribution in [3.8, 4) is 0 Å². The summed E-state index contributed by atoms with van der Waals surface area (Å²) >= 11 is 0. The molecule has 0 radical (unpaired) electrons. The van der Waals surface area contributed by atoms with E-state index in [2.05, 4.69) is 13.8 Å². The van der Waals surface area contributed by atoms with Crippen molar-refractivity contribution in [2.24, 2.45) is 11.8 Å². The summed E-state index contributed by atoms with van der Waals surface area (Å²) in [7, 11) is 0. The summed E-state index contributed by atoms with van der Waals surface area (Å²) < 4.78 is 5.32. The van der Waals surface area contributed by atoms with Gasteiger partial charge in [0.1, 0.15) is 6.10 Å². The van der Waals surface area contributed by atoms with Gasteiger partial charge in [-0.15, -0.1) is 0 Å². The molecule has 2 nitrogen and oxygen atoms in total. The Balaban J connectivity index is 1.95. The van der Waals surface area contributed by atoms with Gasteiger partial charge in [0, 0.05) is 0 Å². The van der Waals surface area contributed by atoms with E-state index in [4.69, 9.17) is 4.74 Å². The van der Waals surface area contributed by atoms with Gasteiger partial charge in [-0.25, -0.2) is 0 Å². The Bertz CT molecular complexity index is 156. The highest BCUT2D eigenvalue weighted by atomic mass is 16.6. The van der Waals surface area contributed by atoms with Gasteiger partial charge in [-0.2, -0.15) is 0 Å². The highest BCUT2D eigenvalue weighted by Gasteiger charge is 2.50. The zero-order valence-corrected chi connectivity index (χ0v) is 7.16. The summed E-state index contributed by atoms with van der Waals surface area (Å²) in [5.74, 6) is 1.36. The van der Waals surface area contributed by atoms with Crippen LogP contribution in [0.4, 0.5) is 0 Å². The molecule has 0 aromatic rings. The summed E-state index contributed by atoms with van der Waals surface area (Å²) in [6.07, 6.45) is 2.52. The van der Waals surface area contributed by atoms with E-state index in [-0.39, 0.29) is 12.2 Å². The van der Waals surface area contributed by atoms with E-state index in [0.29, 0.717) is 17.9 Å². The molecule has 1 saturated heterocycles. The van der Waals surface area contributed by atoms with Crippen molar-refractivity contribution in [2.75, 3.05) is 0 Å². The SMILES string of the molecule is CC(C)C1CC(O)C2OC2C1. The fourth-order valence-electron chi connectivity index (χ4n) is 2.07. The Morgan fingerprint density at radius 1 is 1.36 bits per heavy atom. The largest absolute Gasteiger partial charge is 0.390 e. The molecule has 1 aliphatic heterocycles. The first-order valence-corrected chi connectivity index (χ1v) is 4.52. The molecular formula is C9H16O2. The van der Waals surface area contributed by atoms with Crippen molar-refractivity contribution in [1.29, 1.82) is 0 Å². The number of fused-ring (bicyclic) bond motifs is 1. The first-order chi connectivity index (χ1) is 5.18. The van der Waals surface area contributed by atoms with E-state index in [1.807, 2.05) is 0 Å². The summed E-state index contributed by atoms with van der Waals surface area (Å²) in [5, 5.41) is 9.51. The lowest BCUT2D eigenvalue weighted by molar-refractivity contribution is 0.0937. The lowest BCUT2D eigenvalue weighted by Gasteiger charge is -2.25. The summed E-state index contributed by atoms with van der Waals surface area (Å²) in [4.78, 5) is 0. The molecule has 4 unspecified atom stereocenters. The lowest BCUT2D eigenvalue weighted by atomic mass is 9.80. The average Bonchev–Trinajstić information content (AvgIpc) is 2.66. The molecule has 1 aliphatic carbocycles. The Kier molecular flexibility index (Phi) is 1.69. The maximum absolute atomic E-state index is 9.51. The normalized spacial score (nSPS) is 49.1. The van der Waals surface area contributed by atoms with Gasteiger partial charge in [0.2, 0.25) is 0 Å². The average molecular weight is 156 g/mol. The third-order valence-electron chi connectivity index (χ3n) is 3.02. The number of hydrogen-bond acceptors (Lipinski definition) is 2. The molecule has 2 aliphatic rings. The van der Waals surface area contributed by atoms with E-state index in [0.717, 1.165) is 6.42 Å². The summed E-state index contributed by atoms with van der Waals surface area (Å²) in [6, 6.07) is 0. The van der Waals surface area contributed by atoms with Gasteiger partial charge in [-0.3, -0.25) is 0 Å². The predicted molar refractivity (Wildman–Crippen MR) is 42.2 cm³/mol. The van der Waals surface area contributed by atoms with E-state index in [9.17, 15) is 5.11 Å². The van der Waals surface area contributed by atoms with Crippen LogP contribution in [0.2, 0.25) is 0 Å². The van der Waals surface area contributed by atoms with Crippen LogP contribution in [0.5, 0.6) is 0 Å². The van der Waals surface area contributed by atoms with Crippen molar-refractivity contribution in [3.05, 3.63) is 0 Å². The molecule has 0 aromatic heterocycles. The lowest BCUT2D eigenvalue weighted by Crippen LogP contribution is -2.29. The highest BCUT2D eigenvalue weighted by molar-refractivity contribution is 4.98. The Hall–Kier alpha value is -0.0800. The van der Waals surface area contributed by atoms with Crippen molar-refractivity contribution in [2.45, 2.75) is 45.0 Å². The quantitative estimate of drug-likeness (QED) is 0.578. The maximum Gasteiger partial charge on any atom is 0.110 e. The van der Waals surface area contributed by atoms with Crippen molar-refractivity contribution < 1.29 is 9.84 Å². The summed E-state index contributed by atoms with van der Waals surface area (Å²) in [6.45, 7) is 4.44. The summed E-state index contributed by atoms with van der Waals surface area (Å²) in [5.41, 5.74) is 0. The monoisotopic (exact) mass is 156 g/mol. The van der Waals surface area contributed by atoms with E-state index < -0.39 is 0 Å². The molecule has 1 saturated carbocycles. The zero-order valence-electron chi connectivity index (χ0n) is 7.16. The van der Waals surface area contributed by atoms with E-state index in [1.165, 1.54) is 6.42 Å². The molecule has 4 atom stereocenters. The van der Waals surface area contributed by atoms with Gasteiger partial charge in [0.25, 0.3) is 0 Å². The van der Waals surface area contributed by atoms with Crippen LogP contribution >= 0.6 is 0 Å². The second-order valence-electron chi connectivity index (χ2n) is 4.18. The molecule has 64 valence electrons. The second kappa shape index (κ2) is 2.46. The van der Waals surface area contributed by atoms with Gasteiger partial charge in [0.05, 0.1) is 12.2 Å². The van der Waals surface area contributed by atoms with Crippen LogP contribution in [0.1, 0.15) is 26.7 Å². The number of aliphatic hydroxyl groups is 1. The minimum Gasteiger partial charge on any atom is -0.390 e. The number of rotatable bonds is 1. The first-order valence-electron chi connectivity index (χ1n) is 4.52. The van der Waals surface area contributed by atoms with Crippen LogP contribution in [0.3, 0.4) is 0 Å². The smallest absolute Gasteiger partial charge is 0.110 e. The zero-order chi connectivity index (χ0) is 8.01. The minimum absolute atomic E-state index is 0.179. The fourth-order valence-corrected chi connectivity index (χ4v) is 2.07. The molecule has 2 rings (SSSR count). The number of hydrogen-bond donors (Lipinski definition) is 1. The molecule has 1 heterocycles. The highest BCUT2D eigenvalue weighted by Crippen LogP contribution is 2.42. The molecule has 1 N–H and O–H groups in total. The fraction of sp³-hybridized carbons (Fsp3) is 1.00. The minimum atomic E-state index is -0.179. The van der Waals surface area contributed by atoms with Crippen molar-refractivity contribution >= 4 is 0 Å². The Morgan fingerprint density at radius 3 is 2.64 bits per heavy atom. The van der Waals surface area contributed by atoms with Gasteiger partial charge >= 0.3 is 0 Å². The molecule has 2 heteroatoms. The Morgan fingerprint density at radius 2 is 2.09 bits per heavy atom. The second-order valence-corrected chi connectivity index (χ2v) is 4.18. The van der Waals surface area contributed by atoms with Crippen LogP contribution in [0.15, 0.2) is 0 Å². The third kappa shape index (κ3) is 1.30. The van der Waals surface area contributed by atoms with Gasteiger partial charge < -0.3 is 9.84 Å². The van der Waals surface area contributed by atoms with E-state index in [1.54, 1.807) is 0 Å². The van der Waals surface area contributed by atoms with Gasteiger partial charge in [-0.1, -0.05) is 13.8 Å². The molecule has 0 aromatic carbocycles. The maximum atomic E-state index is 9.51. The topological polar surface area (TPSA) is 32.8 Å². The van der Waals surface area contributed by atoms with Gasteiger partial charge in [0.15, 0.2) is 0 Å². The van der Waals surface area contributed by atoms with Crippen molar-refractivity contribution in [3.63, 3.8) is 0 Å². The van der Waals surface area contributed by atoms with Gasteiger partial charge in [-0.05, 0) is 24.7 Å². The van der Waals surface area contributed by atoms with E-state index >= 15 is 0 Å². The molecule has 11 heavy (non-hydrogen) atoms. The predicted octanol–water partition coefficient (Wildman–Crippen LogP) is 1.18. The Labute approximate surface area is 67.6 Å². The van der Waals surface area contributed by atoms with Crippen LogP contribution < -0.4 is 0 Å². The molecule has 0 bridgehead atoms.